The second-order valence-corrected chi connectivity index (χ2v) is 6.99. The number of fused-ring (bicyclic) bond motifs is 1. The van der Waals surface area contributed by atoms with Gasteiger partial charge in [-0.2, -0.15) is 0 Å². The molecule has 0 N–H and O–H groups in total. The van der Waals surface area contributed by atoms with E-state index in [9.17, 15) is 4.39 Å². The number of rotatable bonds is 3. The van der Waals surface area contributed by atoms with Gasteiger partial charge in [-0.15, -0.1) is 11.6 Å². The minimum absolute atomic E-state index is 0.275. The van der Waals surface area contributed by atoms with Crippen molar-refractivity contribution in [1.29, 1.82) is 0 Å². The summed E-state index contributed by atoms with van der Waals surface area (Å²) in [7, 11) is 0. The van der Waals surface area contributed by atoms with Crippen LogP contribution >= 0.6 is 27.5 Å². The van der Waals surface area contributed by atoms with E-state index in [-0.39, 0.29) is 5.82 Å². The molecule has 0 saturated heterocycles. The van der Waals surface area contributed by atoms with Crippen LogP contribution in [-0.2, 0) is 5.88 Å². The Morgan fingerprint density at radius 3 is 2.67 bits per heavy atom. The fraction of sp³-hybridized carbons (Fsp3) is 0.562. The Kier molecular flexibility index (Phi) is 4.55. The normalized spacial score (nSPS) is 22.9. The standard InChI is InChI=1S/C16H19BrClFN2/c1-2-10-3-5-11(6-4-10)21-15-7-12(17)13(19)8-14(15)20-16(21)9-18/h7-8,10-11H,2-6,9H2,1H3. The number of imidazole rings is 1. The largest absolute Gasteiger partial charge is 0.324 e. The lowest BCUT2D eigenvalue weighted by Crippen LogP contribution is -2.19. The third-order valence-corrected chi connectivity index (χ3v) is 5.53. The molecule has 0 unspecified atom stereocenters. The minimum Gasteiger partial charge on any atom is -0.324 e. The zero-order chi connectivity index (χ0) is 15.0. The quantitative estimate of drug-likeness (QED) is 0.620. The van der Waals surface area contributed by atoms with Crippen LogP contribution in [0.25, 0.3) is 11.0 Å². The van der Waals surface area contributed by atoms with Crippen LogP contribution in [0.1, 0.15) is 50.9 Å². The summed E-state index contributed by atoms with van der Waals surface area (Å²) in [5, 5.41) is 0. The molecule has 1 saturated carbocycles. The van der Waals surface area contributed by atoms with Gasteiger partial charge >= 0.3 is 0 Å². The minimum atomic E-state index is -0.275. The molecule has 21 heavy (non-hydrogen) atoms. The van der Waals surface area contributed by atoms with Gasteiger partial charge in [0.05, 0.1) is 21.4 Å². The summed E-state index contributed by atoms with van der Waals surface area (Å²) in [5.41, 5.74) is 1.68. The molecule has 1 aromatic heterocycles. The monoisotopic (exact) mass is 372 g/mol. The predicted octanol–water partition coefficient (Wildman–Crippen LogP) is 5.82. The molecule has 0 bridgehead atoms. The number of halogens is 3. The maximum atomic E-state index is 13.7. The van der Waals surface area contributed by atoms with E-state index in [0.717, 1.165) is 30.1 Å². The Morgan fingerprint density at radius 2 is 2.05 bits per heavy atom. The number of nitrogens with zero attached hydrogens (tertiary/aromatic N) is 2. The Morgan fingerprint density at radius 1 is 1.33 bits per heavy atom. The smallest absolute Gasteiger partial charge is 0.139 e. The molecular formula is C16H19BrClFN2. The van der Waals surface area contributed by atoms with Crippen molar-refractivity contribution in [2.24, 2.45) is 5.92 Å². The van der Waals surface area contributed by atoms with Crippen molar-refractivity contribution in [2.75, 3.05) is 0 Å². The third kappa shape index (κ3) is 2.85. The second-order valence-electron chi connectivity index (χ2n) is 5.87. The Labute approximate surface area is 137 Å². The van der Waals surface area contributed by atoms with E-state index in [1.165, 1.54) is 25.3 Å². The maximum absolute atomic E-state index is 13.7. The third-order valence-electron chi connectivity index (χ3n) is 4.68. The van der Waals surface area contributed by atoms with Crippen molar-refractivity contribution >= 4 is 38.6 Å². The van der Waals surface area contributed by atoms with Crippen LogP contribution in [-0.4, -0.2) is 9.55 Å². The van der Waals surface area contributed by atoms with Crippen molar-refractivity contribution in [2.45, 2.75) is 50.9 Å². The van der Waals surface area contributed by atoms with Gasteiger partial charge in [-0.3, -0.25) is 0 Å². The highest BCUT2D eigenvalue weighted by Gasteiger charge is 2.25. The van der Waals surface area contributed by atoms with Gasteiger partial charge in [0.2, 0.25) is 0 Å². The van der Waals surface area contributed by atoms with Crippen molar-refractivity contribution < 1.29 is 4.39 Å². The zero-order valence-electron chi connectivity index (χ0n) is 12.1. The lowest BCUT2D eigenvalue weighted by molar-refractivity contribution is 0.270. The topological polar surface area (TPSA) is 17.8 Å². The average molecular weight is 374 g/mol. The first kappa shape index (κ1) is 15.3. The molecule has 0 atom stereocenters. The number of alkyl halides is 1. The molecule has 1 aliphatic rings. The molecule has 5 heteroatoms. The molecule has 0 radical (unpaired) electrons. The molecule has 114 valence electrons. The summed E-state index contributed by atoms with van der Waals surface area (Å²) in [6.07, 6.45) is 6.08. The van der Waals surface area contributed by atoms with Crippen LogP contribution in [0.4, 0.5) is 4.39 Å². The summed E-state index contributed by atoms with van der Waals surface area (Å²) in [6, 6.07) is 3.76. The fourth-order valence-electron chi connectivity index (χ4n) is 3.45. The number of benzene rings is 1. The molecule has 1 fully saturated rings. The van der Waals surface area contributed by atoms with Gasteiger partial charge in [0.25, 0.3) is 0 Å². The molecule has 0 amide bonds. The summed E-state index contributed by atoms with van der Waals surface area (Å²) in [5.74, 6) is 1.79. The molecule has 1 aromatic carbocycles. The fourth-order valence-corrected chi connectivity index (χ4v) is 3.97. The SMILES string of the molecule is CCC1CCC(n2c(CCl)nc3cc(F)c(Br)cc32)CC1. The van der Waals surface area contributed by atoms with E-state index in [1.54, 1.807) is 0 Å². The molecule has 0 spiro atoms. The number of aromatic nitrogens is 2. The molecular weight excluding hydrogens is 355 g/mol. The van der Waals surface area contributed by atoms with Gasteiger partial charge in [-0.05, 0) is 53.6 Å². The lowest BCUT2D eigenvalue weighted by atomic mass is 9.84. The number of hydrogen-bond acceptors (Lipinski definition) is 1. The first-order valence-electron chi connectivity index (χ1n) is 7.55. The highest BCUT2D eigenvalue weighted by Crippen LogP contribution is 2.37. The zero-order valence-corrected chi connectivity index (χ0v) is 14.4. The molecule has 1 heterocycles. The highest BCUT2D eigenvalue weighted by molar-refractivity contribution is 9.10. The van der Waals surface area contributed by atoms with Gasteiger partial charge in [0.15, 0.2) is 0 Å². The van der Waals surface area contributed by atoms with Crippen molar-refractivity contribution in [3.05, 3.63) is 28.2 Å². The van der Waals surface area contributed by atoms with Crippen LogP contribution in [0.15, 0.2) is 16.6 Å². The summed E-state index contributed by atoms with van der Waals surface area (Å²) >= 11 is 9.35. The predicted molar refractivity (Wildman–Crippen MR) is 88.2 cm³/mol. The molecule has 1 aliphatic carbocycles. The van der Waals surface area contributed by atoms with Crippen LogP contribution in [0.2, 0.25) is 0 Å². The van der Waals surface area contributed by atoms with Crippen molar-refractivity contribution in [3.8, 4) is 0 Å². The molecule has 3 rings (SSSR count). The van der Waals surface area contributed by atoms with E-state index in [2.05, 4.69) is 32.4 Å². The highest BCUT2D eigenvalue weighted by atomic mass is 79.9. The van der Waals surface area contributed by atoms with Crippen molar-refractivity contribution in [1.82, 2.24) is 9.55 Å². The van der Waals surface area contributed by atoms with E-state index in [0.29, 0.717) is 21.9 Å². The van der Waals surface area contributed by atoms with Gasteiger partial charge in [-0.25, -0.2) is 9.37 Å². The Bertz CT molecular complexity index is 647. The van der Waals surface area contributed by atoms with E-state index < -0.39 is 0 Å². The van der Waals surface area contributed by atoms with Gasteiger partial charge in [0.1, 0.15) is 11.6 Å². The van der Waals surface area contributed by atoms with Crippen LogP contribution in [0, 0.1) is 11.7 Å². The summed E-state index contributed by atoms with van der Waals surface area (Å²) in [4.78, 5) is 4.52. The van der Waals surface area contributed by atoms with Crippen LogP contribution < -0.4 is 0 Å². The van der Waals surface area contributed by atoms with Gasteiger partial charge in [-0.1, -0.05) is 13.3 Å². The Balaban J connectivity index is 2.02. The molecule has 2 nitrogen and oxygen atoms in total. The van der Waals surface area contributed by atoms with Gasteiger partial charge in [0, 0.05) is 12.1 Å². The van der Waals surface area contributed by atoms with Crippen molar-refractivity contribution in [3.63, 3.8) is 0 Å². The average Bonchev–Trinajstić information content (AvgIpc) is 2.85. The Hall–Kier alpha value is -0.610. The second kappa shape index (κ2) is 6.25. The first-order valence-corrected chi connectivity index (χ1v) is 8.88. The lowest BCUT2D eigenvalue weighted by Gasteiger charge is -2.30. The van der Waals surface area contributed by atoms with Crippen LogP contribution in [0.3, 0.4) is 0 Å². The van der Waals surface area contributed by atoms with E-state index >= 15 is 0 Å². The summed E-state index contributed by atoms with van der Waals surface area (Å²) < 4.78 is 16.4. The van der Waals surface area contributed by atoms with Crippen LogP contribution in [0.5, 0.6) is 0 Å². The van der Waals surface area contributed by atoms with E-state index in [4.69, 9.17) is 11.6 Å². The molecule has 0 aliphatic heterocycles. The number of hydrogen-bond donors (Lipinski definition) is 0. The maximum Gasteiger partial charge on any atom is 0.139 e. The molecule has 2 aromatic rings. The first-order chi connectivity index (χ1) is 10.1. The van der Waals surface area contributed by atoms with E-state index in [1.807, 2.05) is 6.07 Å². The van der Waals surface area contributed by atoms with Gasteiger partial charge < -0.3 is 4.57 Å². The summed E-state index contributed by atoms with van der Waals surface area (Å²) in [6.45, 7) is 2.27.